The number of nitrogens with zero attached hydrogens (tertiary/aromatic N) is 2. The lowest BCUT2D eigenvalue weighted by atomic mass is 9.84. The van der Waals surface area contributed by atoms with Crippen molar-refractivity contribution < 1.29 is 4.79 Å². The molecule has 4 fully saturated rings. The third kappa shape index (κ3) is 2.27. The number of carbonyl (C=O) groups is 1. The van der Waals surface area contributed by atoms with Crippen LogP contribution in [0.3, 0.4) is 0 Å². The lowest BCUT2D eigenvalue weighted by Crippen LogP contribution is -2.49. The van der Waals surface area contributed by atoms with Gasteiger partial charge in [-0.25, -0.2) is 0 Å². The molecule has 112 valence electrons. The molecule has 1 aliphatic carbocycles. The molecule has 0 aromatic carbocycles. The molecule has 0 bridgehead atoms. The van der Waals surface area contributed by atoms with Crippen molar-refractivity contribution in [3.05, 3.63) is 0 Å². The summed E-state index contributed by atoms with van der Waals surface area (Å²) in [4.78, 5) is 17.1. The number of piperidine rings is 1. The molecule has 1 amide bonds. The topological polar surface area (TPSA) is 35.6 Å². The fourth-order valence-corrected chi connectivity index (χ4v) is 4.55. The van der Waals surface area contributed by atoms with Crippen molar-refractivity contribution in [2.24, 2.45) is 11.8 Å². The molecule has 0 spiro atoms. The van der Waals surface area contributed by atoms with Gasteiger partial charge in [0.05, 0.1) is 0 Å². The van der Waals surface area contributed by atoms with Crippen LogP contribution in [0.2, 0.25) is 0 Å². The van der Waals surface area contributed by atoms with Gasteiger partial charge in [-0.2, -0.15) is 0 Å². The summed E-state index contributed by atoms with van der Waals surface area (Å²) in [5.41, 5.74) is 0. The van der Waals surface area contributed by atoms with Gasteiger partial charge in [0.1, 0.15) is 0 Å². The summed E-state index contributed by atoms with van der Waals surface area (Å²) < 4.78 is 0. The van der Waals surface area contributed by atoms with Crippen LogP contribution in [0.1, 0.15) is 38.5 Å². The van der Waals surface area contributed by atoms with Crippen molar-refractivity contribution in [2.45, 2.75) is 50.6 Å². The maximum Gasteiger partial charge on any atom is 0.225 e. The van der Waals surface area contributed by atoms with E-state index < -0.39 is 0 Å². The molecule has 1 saturated carbocycles. The number of hydrogen-bond acceptors (Lipinski definition) is 3. The lowest BCUT2D eigenvalue weighted by molar-refractivity contribution is -0.139. The van der Waals surface area contributed by atoms with E-state index in [1.807, 2.05) is 0 Å². The molecule has 0 radical (unpaired) electrons. The quantitative estimate of drug-likeness (QED) is 0.820. The third-order valence-electron chi connectivity index (χ3n) is 6.14. The van der Waals surface area contributed by atoms with Gasteiger partial charge >= 0.3 is 0 Å². The summed E-state index contributed by atoms with van der Waals surface area (Å²) in [7, 11) is 0. The molecular weight excluding hydrogens is 250 g/mol. The SMILES string of the molecule is O=C(C1CCC1)N1CCC(N2C[C@@H]3CCN[C@@H]3C2)CC1. The monoisotopic (exact) mass is 277 g/mol. The van der Waals surface area contributed by atoms with Gasteiger partial charge in [-0.05, 0) is 44.6 Å². The normalized spacial score (nSPS) is 36.1. The number of nitrogens with one attached hydrogen (secondary N) is 1. The fraction of sp³-hybridized carbons (Fsp3) is 0.938. The van der Waals surface area contributed by atoms with Gasteiger partial charge in [0.2, 0.25) is 5.91 Å². The number of likely N-dealkylation sites (tertiary alicyclic amines) is 2. The predicted molar refractivity (Wildman–Crippen MR) is 78.4 cm³/mol. The summed E-state index contributed by atoms with van der Waals surface area (Å²) in [5, 5.41) is 3.64. The van der Waals surface area contributed by atoms with Crippen molar-refractivity contribution in [1.29, 1.82) is 0 Å². The highest BCUT2D eigenvalue weighted by Crippen LogP contribution is 2.32. The second kappa shape index (κ2) is 5.30. The first kappa shape index (κ1) is 13.1. The van der Waals surface area contributed by atoms with E-state index in [-0.39, 0.29) is 0 Å². The largest absolute Gasteiger partial charge is 0.342 e. The van der Waals surface area contributed by atoms with Crippen molar-refractivity contribution in [2.75, 3.05) is 32.7 Å². The number of hydrogen-bond donors (Lipinski definition) is 1. The zero-order valence-corrected chi connectivity index (χ0v) is 12.4. The van der Waals surface area contributed by atoms with Crippen molar-refractivity contribution in [3.63, 3.8) is 0 Å². The Morgan fingerprint density at radius 3 is 2.45 bits per heavy atom. The van der Waals surface area contributed by atoms with Crippen LogP contribution in [0.25, 0.3) is 0 Å². The maximum atomic E-state index is 12.3. The maximum absolute atomic E-state index is 12.3. The van der Waals surface area contributed by atoms with Crippen LogP contribution in [-0.2, 0) is 4.79 Å². The Morgan fingerprint density at radius 2 is 1.80 bits per heavy atom. The minimum Gasteiger partial charge on any atom is -0.342 e. The van der Waals surface area contributed by atoms with Crippen molar-refractivity contribution in [1.82, 2.24) is 15.1 Å². The molecule has 2 atom stereocenters. The van der Waals surface area contributed by atoms with E-state index in [0.29, 0.717) is 11.8 Å². The molecule has 4 rings (SSSR count). The number of rotatable bonds is 2. The molecule has 4 heteroatoms. The van der Waals surface area contributed by atoms with Gasteiger partial charge in [0.25, 0.3) is 0 Å². The van der Waals surface area contributed by atoms with E-state index in [0.717, 1.165) is 43.9 Å². The Kier molecular flexibility index (Phi) is 3.47. The average molecular weight is 277 g/mol. The highest BCUT2D eigenvalue weighted by Gasteiger charge is 2.40. The van der Waals surface area contributed by atoms with Gasteiger partial charge in [0.15, 0.2) is 0 Å². The Hall–Kier alpha value is -0.610. The Morgan fingerprint density at radius 1 is 1.00 bits per heavy atom. The van der Waals surface area contributed by atoms with Crippen LogP contribution in [0.5, 0.6) is 0 Å². The van der Waals surface area contributed by atoms with Crippen LogP contribution in [0.15, 0.2) is 0 Å². The molecule has 0 unspecified atom stereocenters. The smallest absolute Gasteiger partial charge is 0.225 e. The van der Waals surface area contributed by atoms with Crippen molar-refractivity contribution >= 4 is 5.91 Å². The van der Waals surface area contributed by atoms with Gasteiger partial charge in [0, 0.05) is 44.2 Å². The highest BCUT2D eigenvalue weighted by atomic mass is 16.2. The van der Waals surface area contributed by atoms with Crippen molar-refractivity contribution in [3.8, 4) is 0 Å². The summed E-state index contributed by atoms with van der Waals surface area (Å²) in [6.07, 6.45) is 7.28. The number of amides is 1. The first-order chi connectivity index (χ1) is 9.81. The molecule has 4 nitrogen and oxygen atoms in total. The zero-order chi connectivity index (χ0) is 13.5. The Bertz CT molecular complexity index is 362. The summed E-state index contributed by atoms with van der Waals surface area (Å²) in [5.74, 6) is 1.72. The lowest BCUT2D eigenvalue weighted by Gasteiger charge is -2.39. The zero-order valence-electron chi connectivity index (χ0n) is 12.4. The third-order valence-corrected chi connectivity index (χ3v) is 6.14. The van der Waals surface area contributed by atoms with Gasteiger partial charge in [-0.1, -0.05) is 6.42 Å². The van der Waals surface area contributed by atoms with Crippen LogP contribution >= 0.6 is 0 Å². The molecule has 3 heterocycles. The second-order valence-electron chi connectivity index (χ2n) is 7.25. The summed E-state index contributed by atoms with van der Waals surface area (Å²) in [6.45, 7) is 5.75. The minimum absolute atomic E-state index is 0.377. The van der Waals surface area contributed by atoms with E-state index >= 15 is 0 Å². The average Bonchev–Trinajstić information content (AvgIpc) is 2.97. The Labute approximate surface area is 121 Å². The van der Waals surface area contributed by atoms with Crippen LogP contribution in [0, 0.1) is 11.8 Å². The van der Waals surface area contributed by atoms with E-state index in [1.54, 1.807) is 0 Å². The van der Waals surface area contributed by atoms with E-state index in [4.69, 9.17) is 0 Å². The van der Waals surface area contributed by atoms with E-state index in [2.05, 4.69) is 15.1 Å². The second-order valence-corrected chi connectivity index (χ2v) is 7.25. The molecule has 3 aliphatic heterocycles. The predicted octanol–water partition coefficient (Wildman–Crippen LogP) is 1.07. The standard InChI is InChI=1S/C16H27N3O/c20-16(12-2-1-3-12)18-8-5-14(6-9-18)19-10-13-4-7-17-15(13)11-19/h12-15,17H,1-11H2/t13-,15+/m0/s1. The first-order valence-corrected chi connectivity index (χ1v) is 8.57. The van der Waals surface area contributed by atoms with Crippen LogP contribution < -0.4 is 5.32 Å². The summed E-state index contributed by atoms with van der Waals surface area (Å²) >= 11 is 0. The van der Waals surface area contributed by atoms with Crippen LogP contribution in [0.4, 0.5) is 0 Å². The number of fused-ring (bicyclic) bond motifs is 1. The van der Waals surface area contributed by atoms with E-state index in [9.17, 15) is 4.79 Å². The number of carbonyl (C=O) groups excluding carboxylic acids is 1. The van der Waals surface area contributed by atoms with Gasteiger partial charge in [-0.15, -0.1) is 0 Å². The molecule has 0 aromatic rings. The molecule has 4 aliphatic rings. The van der Waals surface area contributed by atoms with Gasteiger partial charge in [-0.3, -0.25) is 9.69 Å². The molecular formula is C16H27N3O. The van der Waals surface area contributed by atoms with E-state index in [1.165, 1.54) is 45.3 Å². The summed E-state index contributed by atoms with van der Waals surface area (Å²) in [6, 6.07) is 1.48. The Balaban J connectivity index is 1.28. The molecule has 20 heavy (non-hydrogen) atoms. The fourth-order valence-electron chi connectivity index (χ4n) is 4.55. The first-order valence-electron chi connectivity index (χ1n) is 8.57. The molecule has 3 saturated heterocycles. The molecule has 1 N–H and O–H groups in total. The van der Waals surface area contributed by atoms with Gasteiger partial charge < -0.3 is 10.2 Å². The van der Waals surface area contributed by atoms with Crippen LogP contribution in [-0.4, -0.2) is 60.5 Å². The molecule has 0 aromatic heterocycles. The minimum atomic E-state index is 0.377. The highest BCUT2D eigenvalue weighted by molar-refractivity contribution is 5.79.